The summed E-state index contributed by atoms with van der Waals surface area (Å²) < 4.78 is 40.9. The maximum atomic E-state index is 13.0. The minimum atomic E-state index is -3.68. The number of anilines is 1. The fourth-order valence-electron chi connectivity index (χ4n) is 2.66. The quantitative estimate of drug-likeness (QED) is 0.808. The van der Waals surface area contributed by atoms with Crippen molar-refractivity contribution in [3.8, 4) is 0 Å². The Morgan fingerprint density at radius 3 is 2.52 bits per heavy atom. The Morgan fingerprint density at radius 1 is 1.19 bits per heavy atom. The summed E-state index contributed by atoms with van der Waals surface area (Å²) in [5, 5.41) is 0. The summed E-state index contributed by atoms with van der Waals surface area (Å²) in [6.45, 7) is 1.87. The third-order valence-corrected chi connectivity index (χ3v) is 6.00. The highest BCUT2D eigenvalue weighted by molar-refractivity contribution is 9.10. The van der Waals surface area contributed by atoms with Gasteiger partial charge in [-0.05, 0) is 61.4 Å². The molecule has 1 aliphatic heterocycles. The lowest BCUT2D eigenvalue weighted by Gasteiger charge is -2.24. The second kappa shape index (κ2) is 5.10. The summed E-state index contributed by atoms with van der Waals surface area (Å²) >= 11 is 3.40. The first-order chi connectivity index (χ1) is 9.89. The molecule has 0 saturated heterocycles. The van der Waals surface area contributed by atoms with Crippen LogP contribution >= 0.6 is 15.9 Å². The van der Waals surface area contributed by atoms with Gasteiger partial charge in [-0.1, -0.05) is 15.9 Å². The van der Waals surface area contributed by atoms with Crippen molar-refractivity contribution in [1.29, 1.82) is 0 Å². The van der Waals surface area contributed by atoms with Crippen LogP contribution in [0.25, 0.3) is 0 Å². The Balaban J connectivity index is 2.10. The lowest BCUT2D eigenvalue weighted by Crippen LogP contribution is -2.35. The monoisotopic (exact) mass is 369 g/mol. The zero-order valence-corrected chi connectivity index (χ0v) is 13.7. The molecule has 3 nitrogen and oxygen atoms in total. The van der Waals surface area contributed by atoms with E-state index < -0.39 is 15.8 Å². The van der Waals surface area contributed by atoms with Gasteiger partial charge in [-0.3, -0.25) is 4.31 Å². The molecule has 0 N–H and O–H groups in total. The highest BCUT2D eigenvalue weighted by Gasteiger charge is 2.36. The average Bonchev–Trinajstić information content (AvgIpc) is 2.74. The summed E-state index contributed by atoms with van der Waals surface area (Å²) in [6, 6.07) is 10.3. The van der Waals surface area contributed by atoms with Crippen molar-refractivity contribution in [3.05, 3.63) is 58.3 Å². The van der Waals surface area contributed by atoms with Gasteiger partial charge in [0.25, 0.3) is 10.0 Å². The first kappa shape index (κ1) is 14.5. The molecule has 2 aromatic carbocycles. The molecule has 0 saturated carbocycles. The highest BCUT2D eigenvalue weighted by atomic mass is 79.9. The van der Waals surface area contributed by atoms with Crippen molar-refractivity contribution in [2.75, 3.05) is 4.31 Å². The van der Waals surface area contributed by atoms with Gasteiger partial charge >= 0.3 is 0 Å². The summed E-state index contributed by atoms with van der Waals surface area (Å²) in [5.74, 6) is -0.451. The van der Waals surface area contributed by atoms with Crippen molar-refractivity contribution in [1.82, 2.24) is 0 Å². The van der Waals surface area contributed by atoms with E-state index in [4.69, 9.17) is 0 Å². The van der Waals surface area contributed by atoms with Crippen LogP contribution in [0.1, 0.15) is 12.5 Å². The number of sulfonamides is 1. The second-order valence-electron chi connectivity index (χ2n) is 5.08. The third kappa shape index (κ3) is 2.46. The van der Waals surface area contributed by atoms with Crippen LogP contribution in [-0.2, 0) is 16.4 Å². The molecule has 6 heteroatoms. The fourth-order valence-corrected chi connectivity index (χ4v) is 4.76. The first-order valence-corrected chi connectivity index (χ1v) is 8.71. The molecule has 0 fully saturated rings. The predicted octanol–water partition coefficient (Wildman–Crippen LogP) is 3.73. The van der Waals surface area contributed by atoms with Crippen molar-refractivity contribution >= 4 is 31.6 Å². The van der Waals surface area contributed by atoms with Crippen LogP contribution in [-0.4, -0.2) is 14.5 Å². The van der Waals surface area contributed by atoms with Crippen LogP contribution in [0.5, 0.6) is 0 Å². The van der Waals surface area contributed by atoms with Gasteiger partial charge in [0.1, 0.15) is 5.82 Å². The van der Waals surface area contributed by atoms with Crippen LogP contribution in [0.4, 0.5) is 10.1 Å². The van der Waals surface area contributed by atoms with Crippen molar-refractivity contribution in [2.45, 2.75) is 24.3 Å². The summed E-state index contributed by atoms with van der Waals surface area (Å²) in [6.07, 6.45) is 0.662. The van der Waals surface area contributed by atoms with Crippen LogP contribution in [0.2, 0.25) is 0 Å². The van der Waals surface area contributed by atoms with Crippen LogP contribution in [0.3, 0.4) is 0 Å². The number of rotatable bonds is 2. The van der Waals surface area contributed by atoms with Gasteiger partial charge in [-0.25, -0.2) is 12.8 Å². The van der Waals surface area contributed by atoms with Crippen molar-refractivity contribution in [3.63, 3.8) is 0 Å². The minimum absolute atomic E-state index is 0.103. The molecule has 0 aliphatic carbocycles. The van der Waals surface area contributed by atoms with Gasteiger partial charge in [-0.2, -0.15) is 0 Å². The Labute approximate surface area is 131 Å². The van der Waals surface area contributed by atoms with E-state index in [1.165, 1.54) is 16.4 Å². The normalized spacial score (nSPS) is 17.9. The zero-order valence-electron chi connectivity index (χ0n) is 11.3. The Bertz CT molecular complexity index is 790. The van der Waals surface area contributed by atoms with Crippen LogP contribution in [0.15, 0.2) is 51.8 Å². The van der Waals surface area contributed by atoms with E-state index in [-0.39, 0.29) is 10.9 Å². The maximum Gasteiger partial charge on any atom is 0.264 e. The Kier molecular flexibility index (Phi) is 3.53. The van der Waals surface area contributed by atoms with Gasteiger partial charge in [0.15, 0.2) is 0 Å². The Morgan fingerprint density at radius 2 is 1.86 bits per heavy atom. The van der Waals surface area contributed by atoms with E-state index >= 15 is 0 Å². The van der Waals surface area contributed by atoms with E-state index in [0.29, 0.717) is 12.1 Å². The van der Waals surface area contributed by atoms with E-state index in [1.54, 1.807) is 6.07 Å². The molecule has 0 radical (unpaired) electrons. The van der Waals surface area contributed by atoms with Crippen molar-refractivity contribution in [2.24, 2.45) is 0 Å². The number of hydrogen-bond acceptors (Lipinski definition) is 2. The van der Waals surface area contributed by atoms with Gasteiger partial charge in [0.2, 0.25) is 0 Å². The summed E-state index contributed by atoms with van der Waals surface area (Å²) in [7, 11) is -3.68. The maximum absolute atomic E-state index is 13.0. The van der Waals surface area contributed by atoms with E-state index in [1.807, 2.05) is 19.1 Å². The van der Waals surface area contributed by atoms with Gasteiger partial charge < -0.3 is 0 Å². The standard InChI is InChI=1S/C15H13BrFNO2S/c1-10-8-11-9-12(16)2-7-15(11)18(10)21(19,20)14-5-3-13(17)4-6-14/h2-7,9-10H,8H2,1H3. The summed E-state index contributed by atoms with van der Waals surface area (Å²) in [5.41, 5.74) is 1.68. The number of benzene rings is 2. The molecule has 110 valence electrons. The van der Waals surface area contributed by atoms with Crippen molar-refractivity contribution < 1.29 is 12.8 Å². The molecular weight excluding hydrogens is 357 g/mol. The highest BCUT2D eigenvalue weighted by Crippen LogP contribution is 2.37. The molecular formula is C15H13BrFNO2S. The molecule has 1 aliphatic rings. The molecule has 3 rings (SSSR count). The molecule has 1 unspecified atom stereocenters. The average molecular weight is 370 g/mol. The molecule has 0 aromatic heterocycles. The third-order valence-electron chi connectivity index (χ3n) is 3.57. The molecule has 21 heavy (non-hydrogen) atoms. The summed E-state index contributed by atoms with van der Waals surface area (Å²) in [4.78, 5) is 0.103. The fraction of sp³-hybridized carbons (Fsp3) is 0.200. The van der Waals surface area contributed by atoms with Gasteiger partial charge in [0.05, 0.1) is 10.6 Å². The van der Waals surface area contributed by atoms with Crippen LogP contribution in [0, 0.1) is 5.82 Å². The Hall–Kier alpha value is -1.40. The van der Waals surface area contributed by atoms with E-state index in [9.17, 15) is 12.8 Å². The van der Waals surface area contributed by atoms with Crippen LogP contribution < -0.4 is 4.31 Å². The number of halogens is 2. The molecule has 0 spiro atoms. The molecule has 0 amide bonds. The van der Waals surface area contributed by atoms with E-state index in [2.05, 4.69) is 15.9 Å². The lowest BCUT2D eigenvalue weighted by molar-refractivity contribution is 0.583. The predicted molar refractivity (Wildman–Crippen MR) is 83.4 cm³/mol. The molecule has 0 bridgehead atoms. The lowest BCUT2D eigenvalue weighted by atomic mass is 10.1. The van der Waals surface area contributed by atoms with Gasteiger partial charge in [-0.15, -0.1) is 0 Å². The molecule has 1 atom stereocenters. The molecule has 2 aromatic rings. The topological polar surface area (TPSA) is 37.4 Å². The van der Waals surface area contributed by atoms with E-state index in [0.717, 1.165) is 22.2 Å². The number of fused-ring (bicyclic) bond motifs is 1. The second-order valence-corrected chi connectivity index (χ2v) is 7.81. The zero-order chi connectivity index (χ0) is 15.2. The number of nitrogens with zero attached hydrogens (tertiary/aromatic N) is 1. The molecule has 1 heterocycles. The largest absolute Gasteiger partial charge is 0.264 e. The minimum Gasteiger partial charge on any atom is -0.263 e. The number of hydrogen-bond donors (Lipinski definition) is 0. The SMILES string of the molecule is CC1Cc2cc(Br)ccc2N1S(=O)(=O)c1ccc(F)cc1. The van der Waals surface area contributed by atoms with Gasteiger partial charge in [0, 0.05) is 10.5 Å². The first-order valence-electron chi connectivity index (χ1n) is 6.48. The smallest absolute Gasteiger partial charge is 0.263 e.